The fraction of sp³-hybridized carbons (Fsp3) is 0.154. The van der Waals surface area contributed by atoms with E-state index in [4.69, 9.17) is 33.7 Å². The third-order valence-electron chi connectivity index (χ3n) is 5.44. The summed E-state index contributed by atoms with van der Waals surface area (Å²) < 4.78 is 73.0. The number of imide groups is 1. The van der Waals surface area contributed by atoms with Gasteiger partial charge in [0.1, 0.15) is 12.4 Å². The lowest BCUT2D eigenvalue weighted by Gasteiger charge is -2.18. The molecule has 0 spiro atoms. The maximum absolute atomic E-state index is 13.8. The van der Waals surface area contributed by atoms with Crippen LogP contribution in [-0.4, -0.2) is 29.8 Å². The van der Waals surface area contributed by atoms with Crippen molar-refractivity contribution in [2.24, 2.45) is 5.73 Å². The van der Waals surface area contributed by atoms with E-state index in [0.717, 1.165) is 7.05 Å². The van der Waals surface area contributed by atoms with Crippen molar-refractivity contribution < 1.29 is 36.3 Å². The fourth-order valence-electron chi connectivity index (χ4n) is 3.28. The van der Waals surface area contributed by atoms with E-state index < -0.39 is 52.5 Å². The molecule has 3 rings (SSSR count). The summed E-state index contributed by atoms with van der Waals surface area (Å²) >= 11 is 12.2. The molecule has 38 heavy (non-hydrogen) atoms. The number of hydrogen-bond donors (Lipinski definition) is 1. The minimum absolute atomic E-state index is 0.0223. The Bertz CT molecular complexity index is 1350. The average molecular weight is 573 g/mol. The van der Waals surface area contributed by atoms with E-state index >= 15 is 0 Å². The molecule has 3 aromatic carbocycles. The standard InChI is InChI=1S/C26H19Cl2F5N2O3/c1-35(20(36)10-9-15-21(29)23(31)25(33)24(32)22(15)30)26(37)19(34)11-13-5-7-14(8-6-13)38-12-16-17(27)3-2-4-18(16)28/h2-10,19H,11-12,34H2,1H3/t19-/m0/s1. The minimum atomic E-state index is -2.33. The van der Waals surface area contributed by atoms with Crippen molar-refractivity contribution in [1.29, 1.82) is 0 Å². The van der Waals surface area contributed by atoms with Crippen LogP contribution >= 0.6 is 23.2 Å². The van der Waals surface area contributed by atoms with Crippen molar-refractivity contribution >= 4 is 41.1 Å². The highest BCUT2D eigenvalue weighted by molar-refractivity contribution is 6.35. The van der Waals surface area contributed by atoms with E-state index in [1.54, 1.807) is 42.5 Å². The number of carbonyl (C=O) groups excluding carboxylic acids is 2. The first-order valence-electron chi connectivity index (χ1n) is 10.8. The number of benzene rings is 3. The summed E-state index contributed by atoms with van der Waals surface area (Å²) in [7, 11) is 1.06. The molecular weight excluding hydrogens is 554 g/mol. The van der Waals surface area contributed by atoms with E-state index in [1.807, 2.05) is 0 Å². The Morgan fingerprint density at radius 3 is 2.00 bits per heavy atom. The van der Waals surface area contributed by atoms with E-state index in [2.05, 4.69) is 0 Å². The molecule has 12 heteroatoms. The zero-order valence-corrected chi connectivity index (χ0v) is 21.1. The Morgan fingerprint density at radius 1 is 0.921 bits per heavy atom. The van der Waals surface area contributed by atoms with Crippen LogP contribution in [0.3, 0.4) is 0 Å². The fourth-order valence-corrected chi connectivity index (χ4v) is 3.79. The monoisotopic (exact) mass is 572 g/mol. The first-order chi connectivity index (χ1) is 17.9. The Hall–Kier alpha value is -3.47. The molecule has 0 saturated carbocycles. The normalized spacial score (nSPS) is 12.0. The molecule has 0 saturated heterocycles. The maximum Gasteiger partial charge on any atom is 0.252 e. The molecular formula is C26H19Cl2F5N2O3. The van der Waals surface area contributed by atoms with Crippen LogP contribution in [0.2, 0.25) is 10.0 Å². The first kappa shape index (κ1) is 29.1. The molecule has 0 aliphatic rings. The molecule has 0 aliphatic heterocycles. The zero-order chi connectivity index (χ0) is 28.1. The third-order valence-corrected chi connectivity index (χ3v) is 6.15. The van der Waals surface area contributed by atoms with Crippen LogP contribution in [0, 0.1) is 29.1 Å². The topological polar surface area (TPSA) is 72.6 Å². The quantitative estimate of drug-likeness (QED) is 0.159. The Morgan fingerprint density at radius 2 is 1.45 bits per heavy atom. The van der Waals surface area contributed by atoms with Gasteiger partial charge in [0.05, 0.1) is 11.6 Å². The molecule has 0 bridgehead atoms. The molecule has 5 nitrogen and oxygen atoms in total. The highest BCUT2D eigenvalue weighted by atomic mass is 35.5. The highest BCUT2D eigenvalue weighted by Crippen LogP contribution is 2.26. The van der Waals surface area contributed by atoms with Crippen LogP contribution in [0.4, 0.5) is 22.0 Å². The Kier molecular flexibility index (Phi) is 9.48. The van der Waals surface area contributed by atoms with Crippen molar-refractivity contribution in [3.63, 3.8) is 0 Å². The van der Waals surface area contributed by atoms with E-state index in [9.17, 15) is 31.5 Å². The minimum Gasteiger partial charge on any atom is -0.489 e. The van der Waals surface area contributed by atoms with Gasteiger partial charge >= 0.3 is 0 Å². The maximum atomic E-state index is 13.8. The van der Waals surface area contributed by atoms with Gasteiger partial charge < -0.3 is 10.5 Å². The lowest BCUT2D eigenvalue weighted by molar-refractivity contribution is -0.141. The van der Waals surface area contributed by atoms with Gasteiger partial charge in [-0.25, -0.2) is 22.0 Å². The summed E-state index contributed by atoms with van der Waals surface area (Å²) in [5.74, 6) is -12.3. The first-order valence-corrected chi connectivity index (χ1v) is 11.6. The predicted octanol–water partition coefficient (Wildman–Crippen LogP) is 5.84. The van der Waals surface area contributed by atoms with Gasteiger partial charge in [-0.2, -0.15) is 0 Å². The Balaban J connectivity index is 1.61. The van der Waals surface area contributed by atoms with Gasteiger partial charge in [-0.1, -0.05) is 41.4 Å². The van der Waals surface area contributed by atoms with Gasteiger partial charge in [0.2, 0.25) is 11.7 Å². The lowest BCUT2D eigenvalue weighted by atomic mass is 10.1. The second-order valence-electron chi connectivity index (χ2n) is 8.00. The largest absolute Gasteiger partial charge is 0.489 e. The number of halogens is 7. The van der Waals surface area contributed by atoms with Crippen LogP contribution in [0.25, 0.3) is 6.08 Å². The zero-order valence-electron chi connectivity index (χ0n) is 19.6. The van der Waals surface area contributed by atoms with Gasteiger partial charge in [-0.15, -0.1) is 0 Å². The highest BCUT2D eigenvalue weighted by Gasteiger charge is 2.26. The third kappa shape index (κ3) is 6.50. The molecule has 200 valence electrons. The van der Waals surface area contributed by atoms with Crippen molar-refractivity contribution in [3.8, 4) is 5.75 Å². The van der Waals surface area contributed by atoms with E-state index in [0.29, 0.717) is 44.0 Å². The molecule has 2 amide bonds. The van der Waals surface area contributed by atoms with Crippen molar-refractivity contribution in [2.75, 3.05) is 7.05 Å². The summed E-state index contributed by atoms with van der Waals surface area (Å²) in [5.41, 5.74) is 5.85. The van der Waals surface area contributed by atoms with Crippen molar-refractivity contribution in [3.05, 3.63) is 104 Å². The number of amides is 2. The van der Waals surface area contributed by atoms with Gasteiger partial charge in [-0.3, -0.25) is 14.5 Å². The van der Waals surface area contributed by atoms with Crippen LogP contribution in [0.15, 0.2) is 48.5 Å². The van der Waals surface area contributed by atoms with Crippen LogP contribution < -0.4 is 10.5 Å². The molecule has 0 aromatic heterocycles. The number of ether oxygens (including phenoxy) is 1. The van der Waals surface area contributed by atoms with Gasteiger partial charge in [0.25, 0.3) is 5.91 Å². The molecule has 0 fully saturated rings. The summed E-state index contributed by atoms with van der Waals surface area (Å²) in [6, 6.07) is 10.5. The number of carbonyl (C=O) groups is 2. The number of nitrogens with zero attached hydrogens (tertiary/aromatic N) is 1. The van der Waals surface area contributed by atoms with Crippen LogP contribution in [0.5, 0.6) is 5.75 Å². The average Bonchev–Trinajstić information content (AvgIpc) is 2.90. The predicted molar refractivity (Wildman–Crippen MR) is 132 cm³/mol. The second-order valence-corrected chi connectivity index (χ2v) is 8.81. The molecule has 0 heterocycles. The summed E-state index contributed by atoms with van der Waals surface area (Å²) in [5, 5.41) is 0.916. The smallest absolute Gasteiger partial charge is 0.252 e. The van der Waals surface area contributed by atoms with Crippen molar-refractivity contribution in [2.45, 2.75) is 19.1 Å². The lowest BCUT2D eigenvalue weighted by Crippen LogP contribution is -2.45. The number of nitrogens with two attached hydrogens (primary N) is 1. The molecule has 0 unspecified atom stereocenters. The van der Waals surface area contributed by atoms with Crippen LogP contribution in [-0.2, 0) is 22.6 Å². The van der Waals surface area contributed by atoms with Crippen LogP contribution in [0.1, 0.15) is 16.7 Å². The van der Waals surface area contributed by atoms with E-state index in [-0.39, 0.29) is 13.0 Å². The molecule has 2 N–H and O–H groups in total. The number of rotatable bonds is 8. The van der Waals surface area contributed by atoms with E-state index in [1.165, 1.54) is 0 Å². The van der Waals surface area contributed by atoms with Gasteiger partial charge in [-0.05, 0) is 42.3 Å². The summed E-state index contributed by atoms with van der Waals surface area (Å²) in [6.07, 6.45) is 0.914. The molecule has 1 atom stereocenters. The second kappa shape index (κ2) is 12.4. The summed E-state index contributed by atoms with van der Waals surface area (Å²) in [4.78, 5) is 25.4. The Labute approximate surface area is 224 Å². The van der Waals surface area contributed by atoms with Gasteiger partial charge in [0, 0.05) is 28.7 Å². The SMILES string of the molecule is CN(C(=O)C=Cc1c(F)c(F)c(F)c(F)c1F)C(=O)[C@@H](N)Cc1ccc(OCc2c(Cl)cccc2Cl)cc1. The molecule has 3 aromatic rings. The van der Waals surface area contributed by atoms with Crippen molar-refractivity contribution in [1.82, 2.24) is 4.90 Å². The van der Waals surface area contributed by atoms with Gasteiger partial charge in [0.15, 0.2) is 23.3 Å². The number of hydrogen-bond acceptors (Lipinski definition) is 4. The number of likely N-dealkylation sites (N-methyl/N-ethyl adjacent to an activating group) is 1. The summed E-state index contributed by atoms with van der Waals surface area (Å²) in [6.45, 7) is 0.126. The molecule has 0 aliphatic carbocycles. The molecule has 0 radical (unpaired) electrons.